The molecule has 2 N–H and O–H groups in total. The largest absolute Gasteiger partial charge is 0.504 e. The minimum Gasteiger partial charge on any atom is -0.504 e. The predicted octanol–water partition coefficient (Wildman–Crippen LogP) is 1.27. The lowest BCUT2D eigenvalue weighted by molar-refractivity contribution is -0.147. The van der Waals surface area contributed by atoms with Crippen LogP contribution < -0.4 is 0 Å². The number of carbonyl (C=O) groups is 2. The van der Waals surface area contributed by atoms with E-state index in [2.05, 4.69) is 0 Å². The van der Waals surface area contributed by atoms with Crippen LogP contribution in [-0.2, 0) is 9.53 Å². The van der Waals surface area contributed by atoms with Gasteiger partial charge in [0.05, 0.1) is 6.61 Å². The maximum atomic E-state index is 12.4. The number of benzene rings is 1. The molecule has 1 aliphatic heterocycles. The molecule has 1 atom stereocenters. The molecule has 1 aromatic carbocycles. The molecule has 20 heavy (non-hydrogen) atoms. The second-order valence-corrected chi connectivity index (χ2v) is 4.61. The Morgan fingerprint density at radius 3 is 2.75 bits per heavy atom. The summed E-state index contributed by atoms with van der Waals surface area (Å²) in [5.74, 6) is -1.40. The van der Waals surface area contributed by atoms with Crippen LogP contribution in [0.5, 0.6) is 11.5 Å². The number of hydrogen-bond donors (Lipinski definition) is 2. The van der Waals surface area contributed by atoms with Gasteiger partial charge in [-0.15, -0.1) is 0 Å². The van der Waals surface area contributed by atoms with Gasteiger partial charge in [0.25, 0.3) is 5.91 Å². The van der Waals surface area contributed by atoms with Crippen molar-refractivity contribution >= 4 is 11.9 Å². The van der Waals surface area contributed by atoms with Gasteiger partial charge < -0.3 is 19.8 Å². The number of hydrogen-bond acceptors (Lipinski definition) is 5. The summed E-state index contributed by atoms with van der Waals surface area (Å²) in [4.78, 5) is 25.6. The van der Waals surface area contributed by atoms with E-state index in [0.29, 0.717) is 13.0 Å². The molecule has 0 radical (unpaired) electrons. The summed E-state index contributed by atoms with van der Waals surface area (Å²) in [6.07, 6.45) is 1.31. The van der Waals surface area contributed by atoms with Crippen molar-refractivity contribution in [3.63, 3.8) is 0 Å². The SMILES string of the molecule is CCOC(=O)C1CCCN1C(=O)c1ccc(O)c(O)c1. The quantitative estimate of drug-likeness (QED) is 0.642. The lowest BCUT2D eigenvalue weighted by Gasteiger charge is -2.23. The summed E-state index contributed by atoms with van der Waals surface area (Å²) in [5.41, 5.74) is 0.233. The van der Waals surface area contributed by atoms with Crippen molar-refractivity contribution in [1.82, 2.24) is 4.90 Å². The number of rotatable bonds is 3. The number of amides is 1. The molecule has 1 heterocycles. The van der Waals surface area contributed by atoms with Crippen LogP contribution in [-0.4, -0.2) is 46.2 Å². The normalized spacial score (nSPS) is 18.1. The van der Waals surface area contributed by atoms with Gasteiger partial charge in [0, 0.05) is 12.1 Å². The van der Waals surface area contributed by atoms with E-state index in [9.17, 15) is 19.8 Å². The molecule has 1 aromatic rings. The molecule has 108 valence electrons. The Hall–Kier alpha value is -2.24. The molecule has 0 spiro atoms. The van der Waals surface area contributed by atoms with Crippen LogP contribution in [0.2, 0.25) is 0 Å². The molecule has 1 aliphatic rings. The zero-order chi connectivity index (χ0) is 14.7. The molecular weight excluding hydrogens is 262 g/mol. The van der Waals surface area contributed by atoms with Gasteiger partial charge in [0.2, 0.25) is 0 Å². The first-order chi connectivity index (χ1) is 9.54. The Bertz CT molecular complexity index is 528. The Balaban J connectivity index is 2.18. The standard InChI is InChI=1S/C14H17NO5/c1-2-20-14(19)10-4-3-7-15(10)13(18)9-5-6-11(16)12(17)8-9/h5-6,8,10,16-17H,2-4,7H2,1H3. The summed E-state index contributed by atoms with van der Waals surface area (Å²) in [6.45, 7) is 2.47. The van der Waals surface area contributed by atoms with Gasteiger partial charge in [-0.1, -0.05) is 0 Å². The van der Waals surface area contributed by atoms with Gasteiger partial charge >= 0.3 is 5.97 Å². The second kappa shape index (κ2) is 5.81. The van der Waals surface area contributed by atoms with Crippen molar-refractivity contribution in [2.24, 2.45) is 0 Å². The molecule has 2 rings (SSSR count). The molecule has 0 aromatic heterocycles. The van der Waals surface area contributed by atoms with Gasteiger partial charge in [0.1, 0.15) is 6.04 Å². The summed E-state index contributed by atoms with van der Waals surface area (Å²) in [6, 6.07) is 3.28. The highest BCUT2D eigenvalue weighted by Gasteiger charge is 2.35. The molecule has 1 unspecified atom stereocenters. The molecule has 0 saturated carbocycles. The number of carbonyl (C=O) groups excluding carboxylic acids is 2. The predicted molar refractivity (Wildman–Crippen MR) is 70.5 cm³/mol. The third kappa shape index (κ3) is 2.68. The molecule has 6 nitrogen and oxygen atoms in total. The van der Waals surface area contributed by atoms with Crippen LogP contribution in [0.3, 0.4) is 0 Å². The molecular formula is C14H17NO5. The van der Waals surface area contributed by atoms with E-state index in [1.807, 2.05) is 0 Å². The van der Waals surface area contributed by atoms with E-state index >= 15 is 0 Å². The number of likely N-dealkylation sites (tertiary alicyclic amines) is 1. The van der Waals surface area contributed by atoms with Gasteiger partial charge in [-0.05, 0) is 38.0 Å². The minimum absolute atomic E-state index is 0.233. The summed E-state index contributed by atoms with van der Waals surface area (Å²) in [7, 11) is 0. The minimum atomic E-state index is -0.571. The van der Waals surface area contributed by atoms with E-state index in [0.717, 1.165) is 6.42 Å². The van der Waals surface area contributed by atoms with E-state index in [4.69, 9.17) is 4.74 Å². The van der Waals surface area contributed by atoms with Gasteiger partial charge in [-0.25, -0.2) is 4.79 Å². The molecule has 0 aliphatic carbocycles. The van der Waals surface area contributed by atoms with Crippen LogP contribution in [0.1, 0.15) is 30.1 Å². The Labute approximate surface area is 116 Å². The maximum Gasteiger partial charge on any atom is 0.328 e. The van der Waals surface area contributed by atoms with Crippen LogP contribution in [0.15, 0.2) is 18.2 Å². The Kier molecular flexibility index (Phi) is 4.12. The Morgan fingerprint density at radius 2 is 2.10 bits per heavy atom. The number of esters is 1. The lowest BCUT2D eigenvalue weighted by Crippen LogP contribution is -2.41. The highest BCUT2D eigenvalue weighted by molar-refractivity contribution is 5.97. The van der Waals surface area contributed by atoms with Crippen molar-refractivity contribution < 1.29 is 24.5 Å². The highest BCUT2D eigenvalue weighted by Crippen LogP contribution is 2.27. The summed E-state index contributed by atoms with van der Waals surface area (Å²) >= 11 is 0. The van der Waals surface area contributed by atoms with Crippen molar-refractivity contribution in [2.75, 3.05) is 13.2 Å². The fraction of sp³-hybridized carbons (Fsp3) is 0.429. The van der Waals surface area contributed by atoms with Crippen molar-refractivity contribution in [1.29, 1.82) is 0 Å². The topological polar surface area (TPSA) is 87.1 Å². The van der Waals surface area contributed by atoms with Crippen molar-refractivity contribution in [3.8, 4) is 11.5 Å². The second-order valence-electron chi connectivity index (χ2n) is 4.61. The highest BCUT2D eigenvalue weighted by atomic mass is 16.5. The molecule has 1 fully saturated rings. The van der Waals surface area contributed by atoms with Crippen LogP contribution in [0.25, 0.3) is 0 Å². The molecule has 0 bridgehead atoms. The lowest BCUT2D eigenvalue weighted by atomic mass is 10.1. The van der Waals surface area contributed by atoms with Gasteiger partial charge in [-0.3, -0.25) is 4.79 Å². The van der Waals surface area contributed by atoms with Crippen molar-refractivity contribution in [3.05, 3.63) is 23.8 Å². The van der Waals surface area contributed by atoms with E-state index < -0.39 is 12.0 Å². The number of nitrogens with zero attached hydrogens (tertiary/aromatic N) is 1. The zero-order valence-electron chi connectivity index (χ0n) is 11.2. The van der Waals surface area contributed by atoms with E-state index in [1.54, 1.807) is 6.92 Å². The first-order valence-corrected chi connectivity index (χ1v) is 6.54. The van der Waals surface area contributed by atoms with Crippen LogP contribution in [0.4, 0.5) is 0 Å². The summed E-state index contributed by atoms with van der Waals surface area (Å²) < 4.78 is 4.96. The number of ether oxygens (including phenoxy) is 1. The Morgan fingerprint density at radius 1 is 1.35 bits per heavy atom. The van der Waals surface area contributed by atoms with Crippen LogP contribution >= 0.6 is 0 Å². The average molecular weight is 279 g/mol. The average Bonchev–Trinajstić information content (AvgIpc) is 2.90. The van der Waals surface area contributed by atoms with E-state index in [1.165, 1.54) is 23.1 Å². The van der Waals surface area contributed by atoms with E-state index in [-0.39, 0.29) is 29.6 Å². The third-order valence-electron chi connectivity index (χ3n) is 3.29. The smallest absolute Gasteiger partial charge is 0.328 e. The fourth-order valence-electron chi connectivity index (χ4n) is 2.32. The third-order valence-corrected chi connectivity index (χ3v) is 3.29. The number of phenolic OH excluding ortho intramolecular Hbond substituents is 2. The number of phenols is 2. The zero-order valence-corrected chi connectivity index (χ0v) is 11.2. The van der Waals surface area contributed by atoms with Gasteiger partial charge in [-0.2, -0.15) is 0 Å². The molecule has 1 amide bonds. The van der Waals surface area contributed by atoms with Crippen LogP contribution in [0, 0.1) is 0 Å². The van der Waals surface area contributed by atoms with Gasteiger partial charge in [0.15, 0.2) is 11.5 Å². The summed E-state index contributed by atoms with van der Waals surface area (Å²) in [5, 5.41) is 18.7. The number of aromatic hydroxyl groups is 2. The fourth-order valence-corrected chi connectivity index (χ4v) is 2.32. The monoisotopic (exact) mass is 279 g/mol. The molecule has 1 saturated heterocycles. The first-order valence-electron chi connectivity index (χ1n) is 6.54. The van der Waals surface area contributed by atoms with Crippen molar-refractivity contribution in [2.45, 2.75) is 25.8 Å². The molecule has 6 heteroatoms. The first kappa shape index (κ1) is 14.2. The maximum absolute atomic E-state index is 12.4.